The fourth-order valence-electron chi connectivity index (χ4n) is 1.58. The third-order valence-electron chi connectivity index (χ3n) is 2.62. The van der Waals surface area contributed by atoms with E-state index in [1.165, 1.54) is 25.3 Å². The number of halogens is 1. The molecule has 0 heterocycles. The van der Waals surface area contributed by atoms with Crippen molar-refractivity contribution in [2.24, 2.45) is 0 Å². The second-order valence-electron chi connectivity index (χ2n) is 4.25. The number of carboxylic acid groups (broad SMARTS) is 1. The number of benzene rings is 1. The molecule has 0 radical (unpaired) electrons. The van der Waals surface area contributed by atoms with Gasteiger partial charge in [-0.25, -0.2) is 0 Å². The van der Waals surface area contributed by atoms with E-state index >= 15 is 0 Å². The van der Waals surface area contributed by atoms with Crippen molar-refractivity contribution in [2.45, 2.75) is 12.5 Å². The van der Waals surface area contributed by atoms with Crippen molar-refractivity contribution in [3.63, 3.8) is 0 Å². The van der Waals surface area contributed by atoms with Gasteiger partial charge in [-0.1, -0.05) is 11.6 Å². The third-order valence-corrected chi connectivity index (χ3v) is 2.85. The number of phenolic OH excluding ortho intramolecular Hbond substituents is 1. The number of carbonyl (C=O) groups is 2. The van der Waals surface area contributed by atoms with Crippen molar-refractivity contribution >= 4 is 29.2 Å². The van der Waals surface area contributed by atoms with Crippen molar-refractivity contribution in [1.82, 2.24) is 5.32 Å². The molecule has 1 aromatic carbocycles. The Bertz CT molecular complexity index is 509. The first kappa shape index (κ1) is 17.2. The van der Waals surface area contributed by atoms with Gasteiger partial charge in [0.15, 0.2) is 0 Å². The molecular formula is C13H17ClN2O5. The molecule has 1 aromatic rings. The Labute approximate surface area is 126 Å². The van der Waals surface area contributed by atoms with E-state index in [0.29, 0.717) is 18.2 Å². The highest BCUT2D eigenvalue weighted by Crippen LogP contribution is 2.26. The second kappa shape index (κ2) is 8.46. The number of rotatable bonds is 8. The normalized spacial score (nSPS) is 11.9. The van der Waals surface area contributed by atoms with Gasteiger partial charge in [0.2, 0.25) is 5.91 Å². The smallest absolute Gasteiger partial charge is 0.321 e. The van der Waals surface area contributed by atoms with Crippen molar-refractivity contribution in [2.75, 3.05) is 25.6 Å². The van der Waals surface area contributed by atoms with E-state index in [9.17, 15) is 14.7 Å². The number of nitrogens with one attached hydrogen (secondary N) is 2. The zero-order valence-corrected chi connectivity index (χ0v) is 12.2. The molecule has 0 saturated heterocycles. The maximum absolute atomic E-state index is 11.8. The highest BCUT2D eigenvalue weighted by Gasteiger charge is 2.21. The number of phenols is 1. The van der Waals surface area contributed by atoms with Crippen molar-refractivity contribution < 1.29 is 24.5 Å². The molecule has 0 aromatic heterocycles. The molecule has 0 saturated carbocycles. The number of carboxylic acids is 1. The lowest BCUT2D eigenvalue weighted by Crippen LogP contribution is -2.41. The number of anilines is 1. The minimum absolute atomic E-state index is 0.133. The summed E-state index contributed by atoms with van der Waals surface area (Å²) in [5, 5.41) is 24.1. The molecule has 0 aliphatic carbocycles. The molecule has 4 N–H and O–H groups in total. The van der Waals surface area contributed by atoms with Crippen LogP contribution >= 0.6 is 11.6 Å². The average molecular weight is 317 g/mol. The number of carbonyl (C=O) groups excluding carboxylic acids is 1. The Morgan fingerprint density at radius 1 is 1.43 bits per heavy atom. The molecule has 0 bridgehead atoms. The van der Waals surface area contributed by atoms with E-state index in [1.54, 1.807) is 0 Å². The summed E-state index contributed by atoms with van der Waals surface area (Å²) in [4.78, 5) is 22.9. The predicted octanol–water partition coefficient (Wildman–Crippen LogP) is 1.06. The number of hydrogen-bond donors (Lipinski definition) is 4. The molecule has 1 atom stereocenters. The molecule has 0 aliphatic heterocycles. The van der Waals surface area contributed by atoms with Crippen LogP contribution < -0.4 is 10.6 Å². The van der Waals surface area contributed by atoms with Crippen LogP contribution in [0.3, 0.4) is 0 Å². The van der Waals surface area contributed by atoms with Crippen LogP contribution in [0.25, 0.3) is 0 Å². The summed E-state index contributed by atoms with van der Waals surface area (Å²) in [5.74, 6) is -1.84. The molecule has 1 amide bonds. The molecule has 116 valence electrons. The van der Waals surface area contributed by atoms with Gasteiger partial charge in [-0.15, -0.1) is 0 Å². The van der Waals surface area contributed by atoms with Crippen LogP contribution in [-0.2, 0) is 14.3 Å². The second-order valence-corrected chi connectivity index (χ2v) is 4.69. The number of ether oxygens (including phenoxy) is 1. The van der Waals surface area contributed by atoms with Gasteiger partial charge in [-0.3, -0.25) is 9.59 Å². The van der Waals surface area contributed by atoms with Gasteiger partial charge in [0.25, 0.3) is 0 Å². The monoisotopic (exact) mass is 316 g/mol. The van der Waals surface area contributed by atoms with Crippen LogP contribution in [-0.4, -0.2) is 48.4 Å². The molecule has 21 heavy (non-hydrogen) atoms. The maximum atomic E-state index is 11.8. The van der Waals surface area contributed by atoms with E-state index in [0.717, 1.165) is 0 Å². The van der Waals surface area contributed by atoms with E-state index in [1.807, 2.05) is 0 Å². The summed E-state index contributed by atoms with van der Waals surface area (Å²) in [5.41, 5.74) is 0.133. The Balaban J connectivity index is 2.61. The topological polar surface area (TPSA) is 108 Å². The Morgan fingerprint density at radius 2 is 2.14 bits per heavy atom. The predicted molar refractivity (Wildman–Crippen MR) is 77.7 cm³/mol. The standard InChI is InChI=1S/C13H17ClN2O5/c1-21-5-4-15-10(13(19)20)7-12(18)16-9-6-8(14)2-3-11(9)17/h2-3,6,10,15,17H,4-5,7H2,1H3,(H,16,18)(H,19,20). The zero-order valence-electron chi connectivity index (χ0n) is 11.4. The fourth-order valence-corrected chi connectivity index (χ4v) is 1.75. The number of amides is 1. The SMILES string of the molecule is COCCNC(CC(=O)Nc1cc(Cl)ccc1O)C(=O)O. The minimum atomic E-state index is -1.14. The summed E-state index contributed by atoms with van der Waals surface area (Å²) in [6.45, 7) is 0.643. The quantitative estimate of drug-likeness (QED) is 0.422. The average Bonchev–Trinajstić information content (AvgIpc) is 2.42. The first-order valence-corrected chi connectivity index (χ1v) is 6.55. The Morgan fingerprint density at radius 3 is 2.76 bits per heavy atom. The molecule has 1 unspecified atom stereocenters. The van der Waals surface area contributed by atoms with Gasteiger partial charge in [-0.05, 0) is 18.2 Å². The van der Waals surface area contributed by atoms with Crippen molar-refractivity contribution in [3.8, 4) is 5.75 Å². The molecule has 7 nitrogen and oxygen atoms in total. The van der Waals surface area contributed by atoms with E-state index in [2.05, 4.69) is 10.6 Å². The van der Waals surface area contributed by atoms with E-state index in [4.69, 9.17) is 21.4 Å². The summed E-state index contributed by atoms with van der Waals surface area (Å²) in [6.07, 6.45) is -0.287. The lowest BCUT2D eigenvalue weighted by atomic mass is 10.2. The summed E-state index contributed by atoms with van der Waals surface area (Å²) in [7, 11) is 1.49. The fraction of sp³-hybridized carbons (Fsp3) is 0.385. The van der Waals surface area contributed by atoms with Crippen LogP contribution in [0.4, 0.5) is 5.69 Å². The highest BCUT2D eigenvalue weighted by molar-refractivity contribution is 6.31. The first-order chi connectivity index (χ1) is 9.93. The van der Waals surface area contributed by atoms with Crippen molar-refractivity contribution in [3.05, 3.63) is 23.2 Å². The van der Waals surface area contributed by atoms with E-state index in [-0.39, 0.29) is 17.9 Å². The minimum Gasteiger partial charge on any atom is -0.506 e. The van der Waals surface area contributed by atoms with Crippen LogP contribution in [0.1, 0.15) is 6.42 Å². The Kier molecular flexibility index (Phi) is 6.93. The Hall–Kier alpha value is -1.83. The van der Waals surface area contributed by atoms with Gasteiger partial charge >= 0.3 is 5.97 Å². The lowest BCUT2D eigenvalue weighted by molar-refractivity contribution is -0.141. The third kappa shape index (κ3) is 5.99. The van der Waals surface area contributed by atoms with Crippen LogP contribution in [0.2, 0.25) is 5.02 Å². The molecular weight excluding hydrogens is 300 g/mol. The molecule has 1 rings (SSSR count). The van der Waals surface area contributed by atoms with Crippen LogP contribution in [0.5, 0.6) is 5.75 Å². The van der Waals surface area contributed by atoms with Gasteiger partial charge in [0, 0.05) is 18.7 Å². The molecule has 8 heteroatoms. The molecule has 0 spiro atoms. The van der Waals surface area contributed by atoms with Crippen LogP contribution in [0.15, 0.2) is 18.2 Å². The number of hydrogen-bond acceptors (Lipinski definition) is 5. The molecule has 0 aliphatic rings. The summed E-state index contributed by atoms with van der Waals surface area (Å²) >= 11 is 5.76. The summed E-state index contributed by atoms with van der Waals surface area (Å²) in [6, 6.07) is 3.15. The molecule has 0 fully saturated rings. The summed E-state index contributed by atoms with van der Waals surface area (Å²) < 4.78 is 4.80. The van der Waals surface area contributed by atoms with Crippen molar-refractivity contribution in [1.29, 1.82) is 0 Å². The van der Waals surface area contributed by atoms with Gasteiger partial charge in [0.05, 0.1) is 18.7 Å². The van der Waals surface area contributed by atoms with E-state index < -0.39 is 17.9 Å². The number of methoxy groups -OCH3 is 1. The highest BCUT2D eigenvalue weighted by atomic mass is 35.5. The van der Waals surface area contributed by atoms with Crippen LogP contribution in [0, 0.1) is 0 Å². The number of aliphatic carboxylic acids is 1. The van der Waals surface area contributed by atoms with Gasteiger partial charge in [0.1, 0.15) is 11.8 Å². The zero-order chi connectivity index (χ0) is 15.8. The van der Waals surface area contributed by atoms with Gasteiger partial charge < -0.3 is 25.6 Å². The largest absolute Gasteiger partial charge is 0.506 e. The first-order valence-electron chi connectivity index (χ1n) is 6.17. The number of aromatic hydroxyl groups is 1. The lowest BCUT2D eigenvalue weighted by Gasteiger charge is -2.14. The maximum Gasteiger partial charge on any atom is 0.321 e. The van der Waals surface area contributed by atoms with Gasteiger partial charge in [-0.2, -0.15) is 0 Å².